The highest BCUT2D eigenvalue weighted by Gasteiger charge is 2.19. The Balaban J connectivity index is 2.75. The summed E-state index contributed by atoms with van der Waals surface area (Å²) in [6.45, 7) is 0. The van der Waals surface area contributed by atoms with E-state index in [1.807, 2.05) is 0 Å². The summed E-state index contributed by atoms with van der Waals surface area (Å²) in [5.41, 5.74) is 1.06. The molecule has 0 saturated carbocycles. The molecular weight excluding hydrogens is 184 g/mol. The van der Waals surface area contributed by atoms with E-state index >= 15 is 0 Å². The number of aryl methyl sites for hydroxylation is 1. The first kappa shape index (κ1) is 8.61. The molecule has 0 amide bonds. The smallest absolute Gasteiger partial charge is 0.344 e. The van der Waals surface area contributed by atoms with Gasteiger partial charge in [0.15, 0.2) is 5.21 Å². The molecule has 0 unspecified atom stereocenters. The lowest BCUT2D eigenvalue weighted by atomic mass is 10.3. The van der Waals surface area contributed by atoms with Crippen molar-refractivity contribution in [3.8, 4) is 0 Å². The van der Waals surface area contributed by atoms with Gasteiger partial charge in [-0.2, -0.15) is 0 Å². The van der Waals surface area contributed by atoms with Crippen molar-refractivity contribution in [2.24, 2.45) is 7.05 Å². The SMILES string of the molecule is COC(=O)c1cccn2nn[n+](C)c12. The summed E-state index contributed by atoms with van der Waals surface area (Å²) in [4.78, 5) is 11.4. The minimum atomic E-state index is -0.395. The maximum Gasteiger partial charge on any atom is 0.344 e. The van der Waals surface area contributed by atoms with Gasteiger partial charge in [0.1, 0.15) is 17.0 Å². The van der Waals surface area contributed by atoms with Crippen molar-refractivity contribution in [1.82, 2.24) is 14.9 Å². The molecule has 0 N–H and O–H groups in total. The normalized spacial score (nSPS) is 10.4. The average Bonchev–Trinajstić information content (AvgIpc) is 2.59. The minimum Gasteiger partial charge on any atom is -0.465 e. The number of rotatable bonds is 1. The molecule has 2 aromatic heterocycles. The Bertz CT molecular complexity index is 491. The maximum atomic E-state index is 11.4. The van der Waals surface area contributed by atoms with E-state index in [2.05, 4.69) is 15.2 Å². The van der Waals surface area contributed by atoms with Gasteiger partial charge in [0, 0.05) is 0 Å². The summed E-state index contributed by atoms with van der Waals surface area (Å²) in [7, 11) is 3.06. The largest absolute Gasteiger partial charge is 0.465 e. The van der Waals surface area contributed by atoms with Gasteiger partial charge in [0.2, 0.25) is 0 Å². The zero-order valence-electron chi connectivity index (χ0n) is 7.84. The minimum absolute atomic E-state index is 0.395. The number of nitrogens with zero attached hydrogens (tertiary/aromatic N) is 4. The quantitative estimate of drug-likeness (QED) is 0.445. The highest BCUT2D eigenvalue weighted by atomic mass is 16.5. The van der Waals surface area contributed by atoms with E-state index in [4.69, 9.17) is 0 Å². The second kappa shape index (κ2) is 3.06. The third-order valence-corrected chi connectivity index (χ3v) is 1.93. The fraction of sp³-hybridized carbons (Fsp3) is 0.250. The lowest BCUT2D eigenvalue weighted by molar-refractivity contribution is -0.707. The standard InChI is InChI=1S/C8H9N4O2/c1-11-7-6(8(13)14-2)4-3-5-12(7)10-9-11/h3-5H,1-2H3/q+1. The van der Waals surface area contributed by atoms with Crippen LogP contribution in [0, 0.1) is 0 Å². The molecule has 0 bridgehead atoms. The van der Waals surface area contributed by atoms with Gasteiger partial charge in [-0.3, -0.25) is 0 Å². The number of ether oxygens (including phenoxy) is 1. The average molecular weight is 193 g/mol. The number of esters is 1. The number of tetrazole rings is 1. The third kappa shape index (κ3) is 1.12. The molecule has 0 fully saturated rings. The Morgan fingerprint density at radius 2 is 2.43 bits per heavy atom. The number of pyridine rings is 1. The summed E-state index contributed by atoms with van der Waals surface area (Å²) in [5.74, 6) is -0.395. The molecule has 0 aliphatic rings. The number of fused-ring (bicyclic) bond motifs is 1. The highest BCUT2D eigenvalue weighted by Crippen LogP contribution is 2.05. The predicted molar refractivity (Wildman–Crippen MR) is 45.5 cm³/mol. The zero-order valence-corrected chi connectivity index (χ0v) is 7.84. The van der Waals surface area contributed by atoms with Crippen LogP contribution in [0.1, 0.15) is 10.4 Å². The Hall–Kier alpha value is -1.98. The topological polar surface area (TPSA) is 60.4 Å². The first-order chi connectivity index (χ1) is 6.74. The van der Waals surface area contributed by atoms with Crippen LogP contribution in [0.4, 0.5) is 0 Å². The van der Waals surface area contributed by atoms with E-state index in [-0.39, 0.29) is 0 Å². The molecule has 2 heterocycles. The molecule has 0 aliphatic heterocycles. The van der Waals surface area contributed by atoms with Crippen LogP contribution < -0.4 is 4.68 Å². The molecule has 0 radical (unpaired) electrons. The second-order valence-corrected chi connectivity index (χ2v) is 2.78. The van der Waals surface area contributed by atoms with E-state index < -0.39 is 5.97 Å². The van der Waals surface area contributed by atoms with Crippen LogP contribution in [0.2, 0.25) is 0 Å². The fourth-order valence-electron chi connectivity index (χ4n) is 1.30. The number of carbonyl (C=O) groups excluding carboxylic acids is 1. The van der Waals surface area contributed by atoms with Crippen LogP contribution in [0.15, 0.2) is 18.3 Å². The van der Waals surface area contributed by atoms with Gasteiger partial charge in [-0.15, -0.1) is 4.68 Å². The highest BCUT2D eigenvalue weighted by molar-refractivity contribution is 5.94. The van der Waals surface area contributed by atoms with Crippen molar-refractivity contribution in [1.29, 1.82) is 0 Å². The van der Waals surface area contributed by atoms with Crippen LogP contribution in [0.25, 0.3) is 5.65 Å². The van der Waals surface area contributed by atoms with Crippen molar-refractivity contribution in [3.63, 3.8) is 0 Å². The third-order valence-electron chi connectivity index (χ3n) is 1.93. The fourth-order valence-corrected chi connectivity index (χ4v) is 1.30. The van der Waals surface area contributed by atoms with Crippen molar-refractivity contribution < 1.29 is 14.2 Å². The van der Waals surface area contributed by atoms with Crippen molar-refractivity contribution in [3.05, 3.63) is 23.9 Å². The zero-order chi connectivity index (χ0) is 10.1. The first-order valence-electron chi connectivity index (χ1n) is 4.02. The van der Waals surface area contributed by atoms with Crippen LogP contribution in [0.5, 0.6) is 0 Å². The van der Waals surface area contributed by atoms with Crippen molar-refractivity contribution >= 4 is 11.6 Å². The molecule has 0 aliphatic carbocycles. The summed E-state index contributed by atoms with van der Waals surface area (Å²) >= 11 is 0. The molecule has 0 spiro atoms. The van der Waals surface area contributed by atoms with Gasteiger partial charge in [0.25, 0.3) is 0 Å². The maximum absolute atomic E-state index is 11.4. The van der Waals surface area contributed by atoms with Crippen molar-refractivity contribution in [2.75, 3.05) is 7.11 Å². The number of aromatic nitrogens is 4. The molecule has 6 nitrogen and oxygen atoms in total. The molecular formula is C8H9N4O2+. The molecule has 2 rings (SSSR count). The Kier molecular flexibility index (Phi) is 1.88. The molecule has 14 heavy (non-hydrogen) atoms. The van der Waals surface area contributed by atoms with Crippen LogP contribution in [0.3, 0.4) is 0 Å². The van der Waals surface area contributed by atoms with Gasteiger partial charge in [0.05, 0.1) is 14.2 Å². The Labute approximate surface area is 79.7 Å². The van der Waals surface area contributed by atoms with Gasteiger partial charge in [-0.05, 0) is 12.1 Å². The van der Waals surface area contributed by atoms with E-state index in [0.29, 0.717) is 11.2 Å². The molecule has 0 saturated heterocycles. The van der Waals surface area contributed by atoms with E-state index in [0.717, 1.165) is 0 Å². The Morgan fingerprint density at radius 3 is 3.14 bits per heavy atom. The summed E-state index contributed by atoms with van der Waals surface area (Å²) < 4.78 is 7.69. The summed E-state index contributed by atoms with van der Waals surface area (Å²) in [5, 5.41) is 7.61. The van der Waals surface area contributed by atoms with Gasteiger partial charge < -0.3 is 4.74 Å². The number of hydrogen-bond acceptors (Lipinski definition) is 4. The van der Waals surface area contributed by atoms with Crippen LogP contribution >= 0.6 is 0 Å². The van der Waals surface area contributed by atoms with Crippen molar-refractivity contribution in [2.45, 2.75) is 0 Å². The molecule has 0 aromatic carbocycles. The summed E-state index contributed by atoms with van der Waals surface area (Å²) in [6, 6.07) is 3.39. The van der Waals surface area contributed by atoms with Gasteiger partial charge in [-0.1, -0.05) is 4.52 Å². The number of methoxy groups -OCH3 is 1. The molecule has 72 valence electrons. The number of hydrogen-bond donors (Lipinski definition) is 0. The van der Waals surface area contributed by atoms with Crippen LogP contribution in [-0.4, -0.2) is 28.0 Å². The Morgan fingerprint density at radius 1 is 1.64 bits per heavy atom. The van der Waals surface area contributed by atoms with Gasteiger partial charge in [-0.25, -0.2) is 4.79 Å². The predicted octanol–water partition coefficient (Wildman–Crippen LogP) is -0.660. The molecule has 6 heteroatoms. The van der Waals surface area contributed by atoms with E-state index in [1.165, 1.54) is 16.3 Å². The summed E-state index contributed by atoms with van der Waals surface area (Å²) in [6.07, 6.45) is 1.72. The van der Waals surface area contributed by atoms with Gasteiger partial charge >= 0.3 is 11.6 Å². The monoisotopic (exact) mass is 193 g/mol. The molecule has 0 atom stereocenters. The van der Waals surface area contributed by atoms with Crippen LogP contribution in [-0.2, 0) is 11.8 Å². The lowest BCUT2D eigenvalue weighted by Crippen LogP contribution is -2.32. The van der Waals surface area contributed by atoms with E-state index in [9.17, 15) is 4.79 Å². The lowest BCUT2D eigenvalue weighted by Gasteiger charge is -1.96. The second-order valence-electron chi connectivity index (χ2n) is 2.78. The first-order valence-corrected chi connectivity index (χ1v) is 4.02. The van der Waals surface area contributed by atoms with E-state index in [1.54, 1.807) is 25.4 Å². The number of carbonyl (C=O) groups is 1. The molecule has 2 aromatic rings.